The Bertz CT molecular complexity index is 1100. The van der Waals surface area contributed by atoms with Crippen LogP contribution in [0.25, 0.3) is 11.4 Å². The van der Waals surface area contributed by atoms with Crippen molar-refractivity contribution in [1.82, 2.24) is 9.97 Å². The number of hydrogen-bond acceptors (Lipinski definition) is 4. The minimum absolute atomic E-state index is 0.00206. The first-order valence-corrected chi connectivity index (χ1v) is 16.4. The molecule has 9 heteroatoms. The van der Waals surface area contributed by atoms with Gasteiger partial charge in [0.15, 0.2) is 5.75 Å². The van der Waals surface area contributed by atoms with Crippen LogP contribution < -0.4 is 4.74 Å². The molecule has 2 aromatic rings. The standard InChI is InChI=1S/C34H49F5N2O2/c1-3-5-7-8-9-12-16-27(35)24-43-30-20-19-28(40-32(30)36)29-23-25-17-18-26(34(38,39)31(25)33(37)41-29)15-11-10-14-22-42-21-13-6-4-2/h19-20,23,26-27H,3-18,21-22,24H2,1-2H3. The molecule has 1 aliphatic carbocycles. The molecular formula is C34H49F5N2O2. The molecule has 0 spiro atoms. The largest absolute Gasteiger partial charge is 0.486 e. The maximum atomic E-state index is 15.4. The zero-order chi connectivity index (χ0) is 31.1. The van der Waals surface area contributed by atoms with E-state index in [-0.39, 0.29) is 42.1 Å². The second kappa shape index (κ2) is 18.5. The summed E-state index contributed by atoms with van der Waals surface area (Å²) in [4.78, 5) is 7.56. The van der Waals surface area contributed by atoms with Gasteiger partial charge in [-0.25, -0.2) is 23.1 Å². The fourth-order valence-corrected chi connectivity index (χ4v) is 5.69. The lowest BCUT2D eigenvalue weighted by Crippen LogP contribution is -2.33. The minimum Gasteiger partial charge on any atom is -0.486 e. The Morgan fingerprint density at radius 3 is 2.23 bits per heavy atom. The highest BCUT2D eigenvalue weighted by Crippen LogP contribution is 2.47. The fraction of sp³-hybridized carbons (Fsp3) is 0.706. The molecule has 0 aliphatic heterocycles. The van der Waals surface area contributed by atoms with Crippen molar-refractivity contribution in [2.24, 2.45) is 5.92 Å². The molecule has 0 saturated heterocycles. The molecule has 2 heterocycles. The van der Waals surface area contributed by atoms with Gasteiger partial charge in [-0.2, -0.15) is 8.78 Å². The smallest absolute Gasteiger partial charge is 0.280 e. The number of halogens is 5. The van der Waals surface area contributed by atoms with Crippen molar-refractivity contribution in [3.05, 3.63) is 41.2 Å². The second-order valence-electron chi connectivity index (χ2n) is 11.8. The molecule has 1 aliphatic rings. The van der Waals surface area contributed by atoms with Gasteiger partial charge in [0.1, 0.15) is 12.8 Å². The lowest BCUT2D eigenvalue weighted by atomic mass is 9.78. The first kappa shape index (κ1) is 35.2. The van der Waals surface area contributed by atoms with E-state index < -0.39 is 35.5 Å². The summed E-state index contributed by atoms with van der Waals surface area (Å²) in [5, 5.41) is 0. The molecule has 3 rings (SSSR count). The molecule has 43 heavy (non-hydrogen) atoms. The maximum absolute atomic E-state index is 15.4. The maximum Gasteiger partial charge on any atom is 0.280 e. The molecular weight excluding hydrogens is 563 g/mol. The molecule has 2 atom stereocenters. The van der Waals surface area contributed by atoms with Gasteiger partial charge >= 0.3 is 0 Å². The average molecular weight is 613 g/mol. The van der Waals surface area contributed by atoms with E-state index in [1.54, 1.807) is 0 Å². The first-order chi connectivity index (χ1) is 20.8. The number of unbranched alkanes of at least 4 members (excludes halogenated alkanes) is 9. The van der Waals surface area contributed by atoms with Gasteiger partial charge in [0, 0.05) is 19.1 Å². The van der Waals surface area contributed by atoms with E-state index in [0.29, 0.717) is 25.9 Å². The Kier molecular flexibility index (Phi) is 15.1. The van der Waals surface area contributed by atoms with Crippen molar-refractivity contribution >= 4 is 0 Å². The average Bonchev–Trinajstić information content (AvgIpc) is 2.98. The summed E-state index contributed by atoms with van der Waals surface area (Å²) in [6.45, 7) is 5.35. The van der Waals surface area contributed by atoms with Gasteiger partial charge in [-0.15, -0.1) is 0 Å². The Balaban J connectivity index is 1.52. The zero-order valence-corrected chi connectivity index (χ0v) is 25.9. The molecule has 0 aromatic carbocycles. The molecule has 4 nitrogen and oxygen atoms in total. The number of hydrogen-bond donors (Lipinski definition) is 0. The van der Waals surface area contributed by atoms with Crippen LogP contribution in [0, 0.1) is 17.8 Å². The fourth-order valence-electron chi connectivity index (χ4n) is 5.69. The third kappa shape index (κ3) is 11.0. The van der Waals surface area contributed by atoms with E-state index in [1.165, 1.54) is 24.6 Å². The van der Waals surface area contributed by atoms with Crippen molar-refractivity contribution in [3.8, 4) is 17.1 Å². The van der Waals surface area contributed by atoms with Gasteiger partial charge in [0.2, 0.25) is 5.95 Å². The number of nitrogens with zero attached hydrogens (tertiary/aromatic N) is 2. The van der Waals surface area contributed by atoms with Crippen LogP contribution in [0.15, 0.2) is 18.2 Å². The third-order valence-corrected chi connectivity index (χ3v) is 8.27. The van der Waals surface area contributed by atoms with Crippen molar-refractivity contribution in [1.29, 1.82) is 0 Å². The molecule has 242 valence electrons. The van der Waals surface area contributed by atoms with Crippen LogP contribution >= 0.6 is 0 Å². The van der Waals surface area contributed by atoms with Crippen molar-refractivity contribution < 1.29 is 31.4 Å². The quantitative estimate of drug-likeness (QED) is 0.0799. The highest BCUT2D eigenvalue weighted by molar-refractivity contribution is 5.57. The highest BCUT2D eigenvalue weighted by Gasteiger charge is 2.47. The number of rotatable bonds is 21. The molecule has 0 fully saturated rings. The Morgan fingerprint density at radius 2 is 1.49 bits per heavy atom. The summed E-state index contributed by atoms with van der Waals surface area (Å²) in [6, 6.07) is 4.04. The van der Waals surface area contributed by atoms with Crippen LogP contribution in [0.4, 0.5) is 22.0 Å². The van der Waals surface area contributed by atoms with E-state index in [2.05, 4.69) is 23.8 Å². The lowest BCUT2D eigenvalue weighted by molar-refractivity contribution is -0.0825. The van der Waals surface area contributed by atoms with E-state index in [9.17, 15) is 8.78 Å². The summed E-state index contributed by atoms with van der Waals surface area (Å²) in [6.07, 6.45) is 11.8. The number of aryl methyl sites for hydroxylation is 1. The molecule has 0 bridgehead atoms. The van der Waals surface area contributed by atoms with Crippen LogP contribution in [0.1, 0.15) is 121 Å². The summed E-state index contributed by atoms with van der Waals surface area (Å²) >= 11 is 0. The van der Waals surface area contributed by atoms with Crippen LogP contribution in [0.5, 0.6) is 5.75 Å². The van der Waals surface area contributed by atoms with Gasteiger partial charge in [0.25, 0.3) is 11.9 Å². The summed E-state index contributed by atoms with van der Waals surface area (Å²) < 4.78 is 85.6. The Morgan fingerprint density at radius 1 is 0.837 bits per heavy atom. The predicted octanol–water partition coefficient (Wildman–Crippen LogP) is 10.3. The summed E-state index contributed by atoms with van der Waals surface area (Å²) in [5.41, 5.74) is -0.521. The highest BCUT2D eigenvalue weighted by atomic mass is 19.3. The number of aromatic nitrogens is 2. The summed E-state index contributed by atoms with van der Waals surface area (Å²) in [5.74, 6) is -6.75. The first-order valence-electron chi connectivity index (χ1n) is 16.4. The van der Waals surface area contributed by atoms with Gasteiger partial charge in [0.05, 0.1) is 17.0 Å². The zero-order valence-electron chi connectivity index (χ0n) is 25.9. The normalized spacial score (nSPS) is 16.7. The number of pyridine rings is 2. The van der Waals surface area contributed by atoms with E-state index in [1.807, 2.05) is 0 Å². The molecule has 0 radical (unpaired) electrons. The SMILES string of the molecule is CCCCCCCCC(F)COc1ccc(-c2cc3c(c(F)n2)C(F)(F)C(CCCCCOCCCCC)CC3)nc1F. The van der Waals surface area contributed by atoms with Crippen molar-refractivity contribution in [2.75, 3.05) is 19.8 Å². The summed E-state index contributed by atoms with van der Waals surface area (Å²) in [7, 11) is 0. The van der Waals surface area contributed by atoms with Crippen LogP contribution in [0.3, 0.4) is 0 Å². The Labute approximate surface area is 254 Å². The van der Waals surface area contributed by atoms with Gasteiger partial charge in [-0.1, -0.05) is 78.1 Å². The third-order valence-electron chi connectivity index (χ3n) is 8.27. The molecule has 2 aromatic heterocycles. The number of alkyl halides is 3. The van der Waals surface area contributed by atoms with Gasteiger partial charge in [-0.05, 0) is 62.3 Å². The van der Waals surface area contributed by atoms with E-state index >= 15 is 13.2 Å². The van der Waals surface area contributed by atoms with E-state index in [0.717, 1.165) is 70.8 Å². The van der Waals surface area contributed by atoms with Gasteiger partial charge in [-0.3, -0.25) is 0 Å². The van der Waals surface area contributed by atoms with Crippen LogP contribution in [0.2, 0.25) is 0 Å². The van der Waals surface area contributed by atoms with Crippen LogP contribution in [-0.4, -0.2) is 36.0 Å². The van der Waals surface area contributed by atoms with E-state index in [4.69, 9.17) is 9.47 Å². The molecule has 0 N–H and O–H groups in total. The van der Waals surface area contributed by atoms with Crippen LogP contribution in [-0.2, 0) is 17.1 Å². The lowest BCUT2D eigenvalue weighted by Gasteiger charge is -2.33. The molecule has 0 saturated carbocycles. The van der Waals surface area contributed by atoms with Crippen molar-refractivity contribution in [3.63, 3.8) is 0 Å². The predicted molar refractivity (Wildman–Crippen MR) is 160 cm³/mol. The second-order valence-corrected chi connectivity index (χ2v) is 11.8. The monoisotopic (exact) mass is 612 g/mol. The van der Waals surface area contributed by atoms with Gasteiger partial charge < -0.3 is 9.47 Å². The van der Waals surface area contributed by atoms with Crippen molar-refractivity contribution in [2.45, 2.75) is 129 Å². The Hall–Kier alpha value is -2.29. The number of ether oxygens (including phenoxy) is 2. The topological polar surface area (TPSA) is 44.2 Å². The minimum atomic E-state index is -3.34. The number of fused-ring (bicyclic) bond motifs is 1. The molecule has 0 amide bonds. The molecule has 2 unspecified atom stereocenters.